The molecule has 1 saturated heterocycles. The maximum atomic E-state index is 12.8. The number of carbonyl (C=O) groups is 2. The fourth-order valence-electron chi connectivity index (χ4n) is 4.70. The van der Waals surface area contributed by atoms with E-state index in [2.05, 4.69) is 28.2 Å². The predicted molar refractivity (Wildman–Crippen MR) is 118 cm³/mol. The van der Waals surface area contributed by atoms with Gasteiger partial charge >= 0.3 is 0 Å². The number of amides is 2. The van der Waals surface area contributed by atoms with Gasteiger partial charge in [0.1, 0.15) is 5.75 Å². The highest BCUT2D eigenvalue weighted by Crippen LogP contribution is 2.29. The van der Waals surface area contributed by atoms with E-state index < -0.39 is 0 Å². The largest absolute Gasteiger partial charge is 0.497 e. The Balaban J connectivity index is 1.22. The van der Waals surface area contributed by atoms with Crippen molar-refractivity contribution in [1.29, 1.82) is 0 Å². The molecular formula is C24H32N4O3. The van der Waals surface area contributed by atoms with E-state index in [9.17, 15) is 9.59 Å². The van der Waals surface area contributed by atoms with Crippen LogP contribution in [0.2, 0.25) is 0 Å². The summed E-state index contributed by atoms with van der Waals surface area (Å²) in [6.07, 6.45) is 9.51. The van der Waals surface area contributed by atoms with Gasteiger partial charge in [-0.2, -0.15) is 5.10 Å². The molecule has 31 heavy (non-hydrogen) atoms. The molecular weight excluding hydrogens is 392 g/mol. The average molecular weight is 425 g/mol. The van der Waals surface area contributed by atoms with Crippen LogP contribution in [-0.4, -0.2) is 52.7 Å². The minimum absolute atomic E-state index is 0.00796. The smallest absolute Gasteiger partial charge is 0.253 e. The lowest BCUT2D eigenvalue weighted by atomic mass is 9.89. The van der Waals surface area contributed by atoms with E-state index in [1.54, 1.807) is 31.4 Å². The minimum atomic E-state index is -0.00796. The van der Waals surface area contributed by atoms with Crippen LogP contribution < -0.4 is 10.1 Å². The molecule has 2 fully saturated rings. The number of rotatable bonds is 5. The molecule has 2 aromatic rings. The highest BCUT2D eigenvalue weighted by molar-refractivity contribution is 5.94. The summed E-state index contributed by atoms with van der Waals surface area (Å²) in [5, 5.41) is 7.71. The summed E-state index contributed by atoms with van der Waals surface area (Å²) in [7, 11) is 1.61. The van der Waals surface area contributed by atoms with Gasteiger partial charge in [-0.15, -0.1) is 0 Å². The zero-order chi connectivity index (χ0) is 21.8. The zero-order valence-electron chi connectivity index (χ0n) is 18.4. The summed E-state index contributed by atoms with van der Waals surface area (Å²) in [5.74, 6) is 0.899. The van der Waals surface area contributed by atoms with Gasteiger partial charge in [-0.05, 0) is 75.3 Å². The van der Waals surface area contributed by atoms with Crippen molar-refractivity contribution in [3.63, 3.8) is 0 Å². The minimum Gasteiger partial charge on any atom is -0.497 e. The number of nitrogens with one attached hydrogen (secondary N) is 1. The number of benzene rings is 1. The summed E-state index contributed by atoms with van der Waals surface area (Å²) in [5.41, 5.74) is 1.85. The topological polar surface area (TPSA) is 76.5 Å². The van der Waals surface area contributed by atoms with Crippen LogP contribution in [0.25, 0.3) is 0 Å². The highest BCUT2D eigenvalue weighted by atomic mass is 16.5. The third-order valence-electron chi connectivity index (χ3n) is 6.64. The second-order valence-corrected chi connectivity index (χ2v) is 8.81. The van der Waals surface area contributed by atoms with Crippen LogP contribution >= 0.6 is 0 Å². The van der Waals surface area contributed by atoms with Gasteiger partial charge in [-0.1, -0.05) is 0 Å². The number of nitrogens with zero attached hydrogens (tertiary/aromatic N) is 3. The molecule has 166 valence electrons. The molecule has 0 radical (unpaired) electrons. The van der Waals surface area contributed by atoms with Gasteiger partial charge in [0.05, 0.1) is 19.3 Å². The fraction of sp³-hybridized carbons (Fsp3) is 0.542. The molecule has 2 heterocycles. The van der Waals surface area contributed by atoms with Crippen molar-refractivity contribution >= 4 is 11.8 Å². The molecule has 0 bridgehead atoms. The van der Waals surface area contributed by atoms with Crippen molar-refractivity contribution in [2.24, 2.45) is 5.92 Å². The molecule has 1 N–H and O–H groups in total. The lowest BCUT2D eigenvalue weighted by Gasteiger charge is -2.34. The summed E-state index contributed by atoms with van der Waals surface area (Å²) in [6.45, 7) is 3.30. The third-order valence-corrected chi connectivity index (χ3v) is 6.64. The molecule has 4 rings (SSSR count). The van der Waals surface area contributed by atoms with Crippen molar-refractivity contribution in [1.82, 2.24) is 20.0 Å². The van der Waals surface area contributed by atoms with Gasteiger partial charge in [0.15, 0.2) is 0 Å². The molecule has 1 aliphatic carbocycles. The summed E-state index contributed by atoms with van der Waals surface area (Å²) in [4.78, 5) is 27.4. The molecule has 0 unspecified atom stereocenters. The van der Waals surface area contributed by atoms with Crippen LogP contribution in [0.1, 0.15) is 60.5 Å². The zero-order valence-corrected chi connectivity index (χ0v) is 18.4. The first kappa shape index (κ1) is 21.4. The number of hydrogen-bond acceptors (Lipinski definition) is 4. The number of methoxy groups -OCH3 is 1. The first-order chi connectivity index (χ1) is 15.0. The molecule has 1 aromatic carbocycles. The van der Waals surface area contributed by atoms with Crippen LogP contribution in [-0.2, 0) is 4.79 Å². The maximum Gasteiger partial charge on any atom is 0.253 e. The van der Waals surface area contributed by atoms with E-state index in [4.69, 9.17) is 4.74 Å². The van der Waals surface area contributed by atoms with Gasteiger partial charge in [0.2, 0.25) is 5.91 Å². The third kappa shape index (κ3) is 5.09. The Bertz CT molecular complexity index is 892. The molecule has 0 atom stereocenters. The molecule has 1 aliphatic heterocycles. The normalized spacial score (nSPS) is 22.2. The fourth-order valence-corrected chi connectivity index (χ4v) is 4.70. The number of carbonyl (C=O) groups excluding carboxylic acids is 2. The van der Waals surface area contributed by atoms with Gasteiger partial charge < -0.3 is 15.0 Å². The van der Waals surface area contributed by atoms with E-state index in [0.29, 0.717) is 24.7 Å². The van der Waals surface area contributed by atoms with Crippen LogP contribution in [0.3, 0.4) is 0 Å². The Labute approximate surface area is 183 Å². The first-order valence-corrected chi connectivity index (χ1v) is 11.3. The number of likely N-dealkylation sites (tertiary alicyclic amines) is 1. The summed E-state index contributed by atoms with van der Waals surface area (Å²) >= 11 is 0. The molecule has 1 saturated carbocycles. The van der Waals surface area contributed by atoms with E-state index >= 15 is 0 Å². The van der Waals surface area contributed by atoms with Gasteiger partial charge in [-0.25, -0.2) is 0 Å². The molecule has 7 heteroatoms. The molecule has 0 spiro atoms. The summed E-state index contributed by atoms with van der Waals surface area (Å²) < 4.78 is 7.23. The Morgan fingerprint density at radius 3 is 2.29 bits per heavy atom. The Hall–Kier alpha value is -2.83. The van der Waals surface area contributed by atoms with Gasteiger partial charge in [0.25, 0.3) is 5.91 Å². The van der Waals surface area contributed by atoms with Crippen LogP contribution in [0, 0.1) is 12.8 Å². The molecule has 7 nitrogen and oxygen atoms in total. The van der Waals surface area contributed by atoms with E-state index in [0.717, 1.165) is 44.3 Å². The number of aryl methyl sites for hydroxylation is 1. The van der Waals surface area contributed by atoms with Crippen molar-refractivity contribution in [2.75, 3.05) is 20.2 Å². The Morgan fingerprint density at radius 1 is 1.03 bits per heavy atom. The Kier molecular flexibility index (Phi) is 6.59. The van der Waals surface area contributed by atoms with Crippen molar-refractivity contribution in [3.05, 3.63) is 47.8 Å². The van der Waals surface area contributed by atoms with E-state index in [-0.39, 0.29) is 23.8 Å². The molecule has 2 aliphatic rings. The maximum absolute atomic E-state index is 12.8. The lowest BCUT2D eigenvalue weighted by molar-refractivity contribution is -0.127. The molecule has 2 amide bonds. The monoisotopic (exact) mass is 424 g/mol. The van der Waals surface area contributed by atoms with E-state index in [1.165, 1.54) is 5.56 Å². The number of aromatic nitrogens is 2. The Morgan fingerprint density at radius 2 is 1.71 bits per heavy atom. The van der Waals surface area contributed by atoms with Crippen molar-refractivity contribution in [3.8, 4) is 5.75 Å². The number of ether oxygens (including phenoxy) is 1. The second-order valence-electron chi connectivity index (χ2n) is 8.81. The number of hydrogen-bond donors (Lipinski definition) is 1. The van der Waals surface area contributed by atoms with Crippen molar-refractivity contribution < 1.29 is 14.3 Å². The van der Waals surface area contributed by atoms with Crippen molar-refractivity contribution in [2.45, 2.75) is 57.5 Å². The van der Waals surface area contributed by atoms with Crippen LogP contribution in [0.5, 0.6) is 5.75 Å². The first-order valence-electron chi connectivity index (χ1n) is 11.3. The SMILES string of the molecule is COc1ccc(C(=O)N2CCC(C(=O)NC3CCC(n4cc(C)cn4)CC3)CC2)cc1. The van der Waals surface area contributed by atoms with Crippen LogP contribution in [0.4, 0.5) is 0 Å². The lowest BCUT2D eigenvalue weighted by Crippen LogP contribution is -2.46. The standard InChI is InChI=1S/C24H32N4O3/c1-17-15-25-28(16-17)21-7-5-20(6-8-21)26-23(29)18-11-13-27(14-12-18)24(30)19-3-9-22(31-2)10-4-19/h3-4,9-10,15-16,18,20-21H,5-8,11-14H2,1-2H3,(H,26,29). The number of piperidine rings is 1. The van der Waals surface area contributed by atoms with Crippen LogP contribution in [0.15, 0.2) is 36.7 Å². The quantitative estimate of drug-likeness (QED) is 0.799. The van der Waals surface area contributed by atoms with Gasteiger partial charge in [-0.3, -0.25) is 14.3 Å². The predicted octanol–water partition coefficient (Wildman–Crippen LogP) is 3.35. The highest BCUT2D eigenvalue weighted by Gasteiger charge is 2.30. The summed E-state index contributed by atoms with van der Waals surface area (Å²) in [6, 6.07) is 7.88. The van der Waals surface area contributed by atoms with Gasteiger partial charge in [0, 0.05) is 36.8 Å². The second kappa shape index (κ2) is 9.54. The average Bonchev–Trinajstić information content (AvgIpc) is 3.25. The molecule has 1 aromatic heterocycles. The van der Waals surface area contributed by atoms with E-state index in [1.807, 2.05) is 11.1 Å².